The van der Waals surface area contributed by atoms with E-state index in [0.29, 0.717) is 5.70 Å². The highest BCUT2D eigenvalue weighted by Gasteiger charge is 2.36. The van der Waals surface area contributed by atoms with Gasteiger partial charge in [-0.15, -0.1) is 0 Å². The molecule has 2 aliphatic heterocycles. The van der Waals surface area contributed by atoms with Crippen LogP contribution in [0.3, 0.4) is 0 Å². The lowest BCUT2D eigenvalue weighted by atomic mass is 10.1. The van der Waals surface area contributed by atoms with Gasteiger partial charge in [0.2, 0.25) is 6.23 Å². The Morgan fingerprint density at radius 2 is 1.97 bits per heavy atom. The number of benzene rings is 1. The molecule has 160 valence electrons. The van der Waals surface area contributed by atoms with Gasteiger partial charge >= 0.3 is 0 Å². The fraction of sp³-hybridized carbons (Fsp3) is 0.348. The Morgan fingerprint density at radius 3 is 2.71 bits per heavy atom. The molecule has 8 nitrogen and oxygen atoms in total. The van der Waals surface area contributed by atoms with E-state index in [9.17, 15) is 4.79 Å². The molecule has 1 atom stereocenters. The molecule has 0 spiro atoms. The van der Waals surface area contributed by atoms with E-state index >= 15 is 0 Å². The first kappa shape index (κ1) is 19.4. The highest BCUT2D eigenvalue weighted by Crippen LogP contribution is 2.44. The number of amides is 1. The van der Waals surface area contributed by atoms with Gasteiger partial charge in [-0.1, -0.05) is 0 Å². The first-order chi connectivity index (χ1) is 15.0. The highest BCUT2D eigenvalue weighted by atomic mass is 16.5. The zero-order valence-corrected chi connectivity index (χ0v) is 17.8. The molecular weight excluding hydrogens is 392 g/mol. The number of carbonyl (C=O) groups is 1. The topological polar surface area (TPSA) is 89.5 Å². The number of aryl methyl sites for hydroxylation is 2. The summed E-state index contributed by atoms with van der Waals surface area (Å²) in [6.07, 6.45) is 8.22. The number of nitrogens with two attached hydrogens (primary N) is 1. The van der Waals surface area contributed by atoms with Crippen molar-refractivity contribution in [3.63, 3.8) is 0 Å². The van der Waals surface area contributed by atoms with Crippen LogP contribution in [0, 0.1) is 6.92 Å². The predicted octanol–water partition coefficient (Wildman–Crippen LogP) is 3.13. The summed E-state index contributed by atoms with van der Waals surface area (Å²) in [4.78, 5) is 21.0. The van der Waals surface area contributed by atoms with Crippen LogP contribution in [0.5, 0.6) is 0 Å². The normalized spacial score (nSPS) is 18.9. The van der Waals surface area contributed by atoms with Crippen molar-refractivity contribution >= 4 is 28.2 Å². The van der Waals surface area contributed by atoms with Crippen molar-refractivity contribution < 1.29 is 9.53 Å². The summed E-state index contributed by atoms with van der Waals surface area (Å²) < 4.78 is 7.80. The number of anilines is 2. The smallest absolute Gasteiger partial charge is 0.268 e. The minimum atomic E-state index is -0.524. The second-order valence-corrected chi connectivity index (χ2v) is 8.21. The lowest BCUT2D eigenvalue weighted by molar-refractivity contribution is -0.114. The maximum Gasteiger partial charge on any atom is 0.268 e. The summed E-state index contributed by atoms with van der Waals surface area (Å²) in [6.45, 7) is 3.87. The number of piperidine rings is 1. The van der Waals surface area contributed by atoms with E-state index in [1.165, 1.54) is 12.7 Å². The zero-order valence-electron chi connectivity index (χ0n) is 17.8. The van der Waals surface area contributed by atoms with Crippen LogP contribution in [0.1, 0.15) is 36.7 Å². The average molecular weight is 419 g/mol. The van der Waals surface area contributed by atoms with Crippen molar-refractivity contribution in [3.05, 3.63) is 59.9 Å². The van der Waals surface area contributed by atoms with E-state index in [-0.39, 0.29) is 0 Å². The third-order valence-electron chi connectivity index (χ3n) is 5.93. The number of carbonyl (C=O) groups excluding carboxylic acids is 1. The quantitative estimate of drug-likeness (QED) is 0.700. The standard InChI is InChI=1S/C23H26N6O2/c1-15-10-16(6-7-25-15)23-29(21(14-31-23)22(24)30)20-11-17-13-27(2)26-18(17)12-19(20)28-8-4-3-5-9-28/h6-7,10-14,23H,3-5,8-9H2,1-2H3,(H2,24,30). The SMILES string of the molecule is Cc1cc(C2OC=C(C(N)=O)N2c2cc3cn(C)nc3cc2N2CCCCC2)ccn1. The first-order valence-corrected chi connectivity index (χ1v) is 10.6. The van der Waals surface area contributed by atoms with Crippen molar-refractivity contribution in [2.45, 2.75) is 32.4 Å². The Kier molecular flexibility index (Phi) is 4.77. The first-order valence-electron chi connectivity index (χ1n) is 10.6. The lowest BCUT2D eigenvalue weighted by Crippen LogP contribution is -2.35. The van der Waals surface area contributed by atoms with Crippen LogP contribution in [0.4, 0.5) is 11.4 Å². The molecule has 0 saturated carbocycles. The number of hydrogen-bond donors (Lipinski definition) is 1. The molecule has 1 amide bonds. The van der Waals surface area contributed by atoms with E-state index in [1.54, 1.807) is 6.20 Å². The summed E-state index contributed by atoms with van der Waals surface area (Å²) in [6, 6.07) is 8.07. The van der Waals surface area contributed by atoms with Gasteiger partial charge in [0.25, 0.3) is 5.91 Å². The highest BCUT2D eigenvalue weighted by molar-refractivity contribution is 6.00. The largest absolute Gasteiger partial charge is 0.471 e. The number of hydrogen-bond acceptors (Lipinski definition) is 6. The van der Waals surface area contributed by atoms with Gasteiger partial charge in [-0.05, 0) is 50.5 Å². The fourth-order valence-corrected chi connectivity index (χ4v) is 4.51. The number of ether oxygens (including phenoxy) is 1. The molecule has 3 aromatic rings. The van der Waals surface area contributed by atoms with Crippen LogP contribution in [0.2, 0.25) is 0 Å². The molecule has 2 aliphatic rings. The molecule has 2 N–H and O–H groups in total. The predicted molar refractivity (Wildman–Crippen MR) is 119 cm³/mol. The molecule has 4 heterocycles. The Morgan fingerprint density at radius 1 is 1.16 bits per heavy atom. The Balaban J connectivity index is 1.69. The van der Waals surface area contributed by atoms with Gasteiger partial charge in [0.1, 0.15) is 12.0 Å². The Labute approximate surface area is 180 Å². The molecule has 0 radical (unpaired) electrons. The van der Waals surface area contributed by atoms with E-state index in [2.05, 4.69) is 27.1 Å². The van der Waals surface area contributed by atoms with Gasteiger partial charge in [-0.2, -0.15) is 5.10 Å². The maximum atomic E-state index is 12.4. The Bertz CT molecular complexity index is 1180. The third-order valence-corrected chi connectivity index (χ3v) is 5.93. The molecular formula is C23H26N6O2. The number of nitrogens with zero attached hydrogens (tertiary/aromatic N) is 5. The van der Waals surface area contributed by atoms with Gasteiger partial charge in [0.15, 0.2) is 0 Å². The van der Waals surface area contributed by atoms with Crippen LogP contribution in [0.25, 0.3) is 10.9 Å². The van der Waals surface area contributed by atoms with E-state index in [4.69, 9.17) is 10.5 Å². The number of rotatable bonds is 4. The van der Waals surface area contributed by atoms with Gasteiger partial charge in [0.05, 0.1) is 16.9 Å². The molecule has 0 aliphatic carbocycles. The summed E-state index contributed by atoms with van der Waals surface area (Å²) in [5.41, 5.74) is 10.8. The van der Waals surface area contributed by atoms with Gasteiger partial charge in [-0.25, -0.2) is 0 Å². The molecule has 1 aromatic carbocycles. The van der Waals surface area contributed by atoms with Gasteiger partial charge in [0, 0.05) is 49.2 Å². The summed E-state index contributed by atoms with van der Waals surface area (Å²) in [5.74, 6) is -0.524. The van der Waals surface area contributed by atoms with E-state index in [1.807, 2.05) is 41.9 Å². The van der Waals surface area contributed by atoms with Crippen LogP contribution < -0.4 is 15.5 Å². The minimum absolute atomic E-state index is 0.334. The molecule has 8 heteroatoms. The van der Waals surface area contributed by atoms with Crippen LogP contribution >= 0.6 is 0 Å². The second kappa shape index (κ2) is 7.61. The van der Waals surface area contributed by atoms with Crippen molar-refractivity contribution in [2.75, 3.05) is 22.9 Å². The average Bonchev–Trinajstić information content (AvgIpc) is 3.36. The van der Waals surface area contributed by atoms with Crippen molar-refractivity contribution in [1.82, 2.24) is 14.8 Å². The number of aromatic nitrogens is 3. The summed E-state index contributed by atoms with van der Waals surface area (Å²) in [7, 11) is 1.91. The number of pyridine rings is 1. The van der Waals surface area contributed by atoms with Crippen LogP contribution in [0.15, 0.2) is 48.6 Å². The molecule has 1 unspecified atom stereocenters. The van der Waals surface area contributed by atoms with Crippen molar-refractivity contribution in [2.24, 2.45) is 12.8 Å². The lowest BCUT2D eigenvalue weighted by Gasteiger charge is -2.35. The summed E-state index contributed by atoms with van der Waals surface area (Å²) >= 11 is 0. The second-order valence-electron chi connectivity index (χ2n) is 8.21. The molecule has 1 saturated heterocycles. The summed E-state index contributed by atoms with van der Waals surface area (Å²) in [5, 5.41) is 5.60. The van der Waals surface area contributed by atoms with Crippen molar-refractivity contribution in [3.8, 4) is 0 Å². The van der Waals surface area contributed by atoms with Crippen LogP contribution in [-0.2, 0) is 16.6 Å². The minimum Gasteiger partial charge on any atom is -0.471 e. The van der Waals surface area contributed by atoms with E-state index < -0.39 is 12.1 Å². The molecule has 0 bridgehead atoms. The third kappa shape index (κ3) is 3.48. The van der Waals surface area contributed by atoms with Crippen molar-refractivity contribution in [1.29, 1.82) is 0 Å². The van der Waals surface area contributed by atoms with Gasteiger partial charge < -0.3 is 15.4 Å². The fourth-order valence-electron chi connectivity index (χ4n) is 4.51. The molecule has 5 rings (SSSR count). The number of fused-ring (bicyclic) bond motifs is 1. The maximum absolute atomic E-state index is 12.4. The Hall–Kier alpha value is -3.55. The molecule has 1 fully saturated rings. The monoisotopic (exact) mass is 418 g/mol. The molecule has 2 aromatic heterocycles. The number of primary amides is 1. The van der Waals surface area contributed by atoms with E-state index in [0.717, 1.165) is 59.5 Å². The molecule has 31 heavy (non-hydrogen) atoms. The zero-order chi connectivity index (χ0) is 21.5. The van der Waals surface area contributed by atoms with Crippen LogP contribution in [-0.4, -0.2) is 33.8 Å². The van der Waals surface area contributed by atoms with Gasteiger partial charge in [-0.3, -0.25) is 19.4 Å².